The van der Waals surface area contributed by atoms with Crippen molar-refractivity contribution in [1.82, 2.24) is 0 Å². The van der Waals surface area contributed by atoms with E-state index in [1.807, 2.05) is 0 Å². The average molecular weight is 194 g/mol. The zero-order valence-electron chi connectivity index (χ0n) is 6.45. The van der Waals surface area contributed by atoms with E-state index in [1.165, 1.54) is 0 Å². The summed E-state index contributed by atoms with van der Waals surface area (Å²) in [5, 5.41) is 0. The molecule has 0 amide bonds. The third kappa shape index (κ3) is 8.07. The second-order valence-corrected chi connectivity index (χ2v) is 3.02. The van der Waals surface area contributed by atoms with Gasteiger partial charge in [0.15, 0.2) is 0 Å². The summed E-state index contributed by atoms with van der Waals surface area (Å²) in [5.74, 6) is 1.30. The first-order valence-corrected chi connectivity index (χ1v) is 4.95. The highest BCUT2D eigenvalue weighted by Crippen LogP contribution is 1.98. The molecule has 0 rings (SSSR count). The van der Waals surface area contributed by atoms with Gasteiger partial charge in [-0.05, 0) is 18.6 Å². The Hall–Kier alpha value is 0.170. The molecule has 0 aliphatic rings. The lowest BCUT2D eigenvalue weighted by molar-refractivity contribution is -0.143. The van der Waals surface area contributed by atoms with Gasteiger partial charge in [0.05, 0.1) is 0 Å². The first-order valence-electron chi connectivity index (χ1n) is 3.68. The van der Waals surface area contributed by atoms with Gasteiger partial charge in [-0.25, -0.2) is 0 Å². The molecular formula is C7H14O2S2. The van der Waals surface area contributed by atoms with Crippen LogP contribution in [-0.4, -0.2) is 24.1 Å². The van der Waals surface area contributed by atoms with Gasteiger partial charge >= 0.3 is 5.97 Å². The van der Waals surface area contributed by atoms with E-state index in [9.17, 15) is 4.79 Å². The molecule has 66 valence electrons. The zero-order chi connectivity index (χ0) is 8.53. The summed E-state index contributed by atoms with van der Waals surface area (Å²) in [4.78, 5) is 10.8. The summed E-state index contributed by atoms with van der Waals surface area (Å²) < 4.78 is 4.80. The van der Waals surface area contributed by atoms with Crippen LogP contribution in [0, 0.1) is 0 Å². The Morgan fingerprint density at radius 1 is 1.18 bits per heavy atom. The highest BCUT2D eigenvalue weighted by molar-refractivity contribution is 7.80. The molecule has 0 aromatic carbocycles. The Balaban J connectivity index is 3.09. The molecular weight excluding hydrogens is 180 g/mol. The number of carbonyl (C=O) groups is 1. The van der Waals surface area contributed by atoms with Crippen LogP contribution in [-0.2, 0) is 9.53 Å². The van der Waals surface area contributed by atoms with Gasteiger partial charge < -0.3 is 4.74 Å². The Morgan fingerprint density at radius 2 is 1.91 bits per heavy atom. The van der Waals surface area contributed by atoms with E-state index in [0.717, 1.165) is 18.6 Å². The van der Waals surface area contributed by atoms with Crippen molar-refractivity contribution >= 4 is 31.2 Å². The minimum Gasteiger partial charge on any atom is -0.465 e. The highest BCUT2D eigenvalue weighted by atomic mass is 32.1. The van der Waals surface area contributed by atoms with Crippen LogP contribution in [0.25, 0.3) is 0 Å². The summed E-state index contributed by atoms with van der Waals surface area (Å²) in [6, 6.07) is 0. The quantitative estimate of drug-likeness (QED) is 0.381. The van der Waals surface area contributed by atoms with Crippen LogP contribution in [0.1, 0.15) is 19.3 Å². The lowest BCUT2D eigenvalue weighted by atomic mass is 10.2. The zero-order valence-corrected chi connectivity index (χ0v) is 8.24. The number of ether oxygens (including phenoxy) is 1. The molecule has 4 heteroatoms. The Labute approximate surface area is 78.5 Å². The minimum atomic E-state index is -0.124. The van der Waals surface area contributed by atoms with Crippen molar-refractivity contribution in [2.45, 2.75) is 19.3 Å². The molecule has 0 aliphatic carbocycles. The number of unbranched alkanes of at least 4 members (excludes halogenated alkanes) is 1. The Kier molecular flexibility index (Phi) is 8.40. The molecule has 11 heavy (non-hydrogen) atoms. The Bertz CT molecular complexity index is 107. The number of hydrogen-bond acceptors (Lipinski definition) is 4. The van der Waals surface area contributed by atoms with Gasteiger partial charge in [-0.3, -0.25) is 4.79 Å². The van der Waals surface area contributed by atoms with Gasteiger partial charge in [-0.2, -0.15) is 25.3 Å². The molecule has 0 heterocycles. The number of rotatable bonds is 6. The third-order valence-corrected chi connectivity index (χ3v) is 1.64. The van der Waals surface area contributed by atoms with Crippen LogP contribution in [0.2, 0.25) is 0 Å². The first-order chi connectivity index (χ1) is 5.31. The maximum absolute atomic E-state index is 10.8. The van der Waals surface area contributed by atoms with Gasteiger partial charge in [0.1, 0.15) is 6.61 Å². The van der Waals surface area contributed by atoms with Crippen molar-refractivity contribution in [2.75, 3.05) is 18.1 Å². The SMILES string of the molecule is O=C(CCCCS)OCCS. The summed E-state index contributed by atoms with van der Waals surface area (Å²) in [6.07, 6.45) is 2.35. The van der Waals surface area contributed by atoms with E-state index >= 15 is 0 Å². The number of esters is 1. The molecule has 0 aromatic rings. The maximum Gasteiger partial charge on any atom is 0.305 e. The molecule has 0 spiro atoms. The lowest BCUT2D eigenvalue weighted by Crippen LogP contribution is -2.06. The van der Waals surface area contributed by atoms with E-state index in [1.54, 1.807) is 0 Å². The Morgan fingerprint density at radius 3 is 2.45 bits per heavy atom. The summed E-state index contributed by atoms with van der Waals surface area (Å²) >= 11 is 7.94. The van der Waals surface area contributed by atoms with Crippen LogP contribution in [0.4, 0.5) is 0 Å². The molecule has 0 aromatic heterocycles. The average Bonchev–Trinajstić information content (AvgIpc) is 2.01. The van der Waals surface area contributed by atoms with Crippen molar-refractivity contribution in [2.24, 2.45) is 0 Å². The second-order valence-electron chi connectivity index (χ2n) is 2.12. The van der Waals surface area contributed by atoms with Gasteiger partial charge in [-0.15, -0.1) is 0 Å². The van der Waals surface area contributed by atoms with Crippen molar-refractivity contribution < 1.29 is 9.53 Å². The van der Waals surface area contributed by atoms with E-state index < -0.39 is 0 Å². The number of carbonyl (C=O) groups excluding carboxylic acids is 1. The molecule has 0 bridgehead atoms. The molecule has 0 radical (unpaired) electrons. The fourth-order valence-electron chi connectivity index (χ4n) is 0.613. The van der Waals surface area contributed by atoms with Gasteiger partial charge in [-0.1, -0.05) is 0 Å². The molecule has 0 fully saturated rings. The molecule has 2 nitrogen and oxygen atoms in total. The fraction of sp³-hybridized carbons (Fsp3) is 0.857. The summed E-state index contributed by atoms with van der Waals surface area (Å²) in [7, 11) is 0. The van der Waals surface area contributed by atoms with E-state index in [2.05, 4.69) is 25.3 Å². The van der Waals surface area contributed by atoms with E-state index in [-0.39, 0.29) is 5.97 Å². The largest absolute Gasteiger partial charge is 0.465 e. The van der Waals surface area contributed by atoms with E-state index in [0.29, 0.717) is 18.8 Å². The van der Waals surface area contributed by atoms with Crippen molar-refractivity contribution in [1.29, 1.82) is 0 Å². The minimum absolute atomic E-state index is 0.124. The highest BCUT2D eigenvalue weighted by Gasteiger charge is 1.99. The molecule has 0 N–H and O–H groups in total. The van der Waals surface area contributed by atoms with Crippen LogP contribution in [0.5, 0.6) is 0 Å². The second kappa shape index (κ2) is 8.27. The van der Waals surface area contributed by atoms with Gasteiger partial charge in [0, 0.05) is 12.2 Å². The molecule has 0 atom stereocenters. The molecule has 0 saturated carbocycles. The monoisotopic (exact) mass is 194 g/mol. The van der Waals surface area contributed by atoms with Gasteiger partial charge in [0.2, 0.25) is 0 Å². The molecule has 0 aliphatic heterocycles. The predicted molar refractivity (Wildman–Crippen MR) is 52.5 cm³/mol. The van der Waals surface area contributed by atoms with Crippen molar-refractivity contribution in [3.63, 3.8) is 0 Å². The molecule has 0 unspecified atom stereocenters. The first kappa shape index (κ1) is 11.2. The molecule has 0 saturated heterocycles. The predicted octanol–water partition coefficient (Wildman–Crippen LogP) is 1.56. The lowest BCUT2D eigenvalue weighted by Gasteiger charge is -2.00. The smallest absolute Gasteiger partial charge is 0.305 e. The third-order valence-electron chi connectivity index (χ3n) is 1.14. The standard InChI is InChI=1S/C7H14O2S2/c8-7(9-4-6-11)3-1-2-5-10/h10-11H,1-6H2. The fourth-order valence-corrected chi connectivity index (χ4v) is 0.928. The van der Waals surface area contributed by atoms with E-state index in [4.69, 9.17) is 4.74 Å². The van der Waals surface area contributed by atoms with Crippen LogP contribution in [0.3, 0.4) is 0 Å². The number of hydrogen-bond donors (Lipinski definition) is 2. The maximum atomic E-state index is 10.8. The van der Waals surface area contributed by atoms with Crippen LogP contribution in [0.15, 0.2) is 0 Å². The normalized spacial score (nSPS) is 9.64. The van der Waals surface area contributed by atoms with Crippen molar-refractivity contribution in [3.05, 3.63) is 0 Å². The summed E-state index contributed by atoms with van der Waals surface area (Å²) in [5.41, 5.74) is 0. The summed E-state index contributed by atoms with van der Waals surface area (Å²) in [6.45, 7) is 0.419. The van der Waals surface area contributed by atoms with Crippen molar-refractivity contribution in [3.8, 4) is 0 Å². The van der Waals surface area contributed by atoms with Gasteiger partial charge in [0.25, 0.3) is 0 Å². The van der Waals surface area contributed by atoms with Crippen LogP contribution < -0.4 is 0 Å². The topological polar surface area (TPSA) is 26.3 Å². The van der Waals surface area contributed by atoms with Crippen LogP contribution >= 0.6 is 25.3 Å². The number of thiol groups is 2.